The van der Waals surface area contributed by atoms with Gasteiger partial charge in [-0.3, -0.25) is 14.8 Å². The maximum atomic E-state index is 12.7. The summed E-state index contributed by atoms with van der Waals surface area (Å²) in [6, 6.07) is 25.0. The van der Waals surface area contributed by atoms with E-state index in [0.29, 0.717) is 12.3 Å². The highest BCUT2D eigenvalue weighted by atomic mass is 16.1. The highest BCUT2D eigenvalue weighted by Crippen LogP contribution is 2.46. The lowest BCUT2D eigenvalue weighted by molar-refractivity contribution is -0.115. The summed E-state index contributed by atoms with van der Waals surface area (Å²) in [5, 5.41) is 1.10. The zero-order valence-electron chi connectivity index (χ0n) is 17.7. The van der Waals surface area contributed by atoms with Crippen LogP contribution >= 0.6 is 0 Å². The third kappa shape index (κ3) is 3.27. The lowest BCUT2D eigenvalue weighted by Gasteiger charge is -2.25. The molecule has 1 unspecified atom stereocenters. The Morgan fingerprint density at radius 1 is 0.844 bits per heavy atom. The average molecular weight is 415 g/mol. The molecule has 2 heterocycles. The summed E-state index contributed by atoms with van der Waals surface area (Å²) in [6.45, 7) is 0. The van der Waals surface area contributed by atoms with E-state index in [9.17, 15) is 4.79 Å². The summed E-state index contributed by atoms with van der Waals surface area (Å²) in [5.74, 6) is 0.596. The van der Waals surface area contributed by atoms with Gasteiger partial charge in [0.2, 0.25) is 0 Å². The van der Waals surface area contributed by atoms with Crippen LogP contribution in [0.25, 0.3) is 27.7 Å². The van der Waals surface area contributed by atoms with Crippen molar-refractivity contribution in [2.45, 2.75) is 25.2 Å². The molecule has 2 aromatic carbocycles. The number of Topliss-reactive ketones (excluding diaryl/α,β-unsaturated/α-hetero) is 1. The van der Waals surface area contributed by atoms with Gasteiger partial charge in [-0.25, -0.2) is 0 Å². The smallest absolute Gasteiger partial charge is 0.162 e. The predicted molar refractivity (Wildman–Crippen MR) is 128 cm³/mol. The topological polar surface area (TPSA) is 42.9 Å². The molecular weight excluding hydrogens is 392 g/mol. The van der Waals surface area contributed by atoms with Crippen molar-refractivity contribution in [1.29, 1.82) is 0 Å². The SMILES string of the molecule is O=C1CCC(c2ccccc2)C2=C1C=C(c1ccnc(-c3cnc4ccccc4c3)c1)C2. The van der Waals surface area contributed by atoms with Gasteiger partial charge in [0.05, 0.1) is 11.2 Å². The maximum absolute atomic E-state index is 12.7. The fourth-order valence-corrected chi connectivity index (χ4v) is 5.01. The van der Waals surface area contributed by atoms with Gasteiger partial charge in [-0.2, -0.15) is 0 Å². The number of nitrogens with zero attached hydrogens (tertiary/aromatic N) is 2. The Morgan fingerprint density at radius 3 is 2.59 bits per heavy atom. The van der Waals surface area contributed by atoms with Crippen molar-refractivity contribution in [3.05, 3.63) is 114 Å². The fraction of sp³-hybridized carbons (Fsp3) is 0.138. The average Bonchev–Trinajstić information content (AvgIpc) is 3.31. The molecule has 0 spiro atoms. The molecule has 0 amide bonds. The number of para-hydroxylation sites is 1. The van der Waals surface area contributed by atoms with Crippen LogP contribution < -0.4 is 0 Å². The third-order valence-electron chi connectivity index (χ3n) is 6.65. The largest absolute Gasteiger partial charge is 0.294 e. The zero-order chi connectivity index (χ0) is 21.5. The first-order valence-electron chi connectivity index (χ1n) is 11.1. The van der Waals surface area contributed by atoms with Gasteiger partial charge in [0.1, 0.15) is 0 Å². The number of hydrogen-bond donors (Lipinski definition) is 0. The van der Waals surface area contributed by atoms with Gasteiger partial charge in [-0.1, -0.05) is 48.5 Å². The Kier molecular flexibility index (Phi) is 4.53. The van der Waals surface area contributed by atoms with Gasteiger partial charge in [-0.15, -0.1) is 0 Å². The van der Waals surface area contributed by atoms with E-state index in [1.165, 1.54) is 16.7 Å². The summed E-state index contributed by atoms with van der Waals surface area (Å²) < 4.78 is 0. The number of hydrogen-bond acceptors (Lipinski definition) is 3. The lowest BCUT2D eigenvalue weighted by atomic mass is 9.78. The summed E-state index contributed by atoms with van der Waals surface area (Å²) in [5.41, 5.74) is 8.70. The molecule has 0 radical (unpaired) electrons. The molecule has 154 valence electrons. The van der Waals surface area contributed by atoms with Crippen molar-refractivity contribution >= 4 is 22.3 Å². The minimum Gasteiger partial charge on any atom is -0.294 e. The van der Waals surface area contributed by atoms with E-state index >= 15 is 0 Å². The molecular formula is C29H22N2O. The van der Waals surface area contributed by atoms with Crippen molar-refractivity contribution < 1.29 is 4.79 Å². The van der Waals surface area contributed by atoms with E-state index in [2.05, 4.69) is 58.5 Å². The molecule has 0 aliphatic heterocycles. The van der Waals surface area contributed by atoms with Crippen LogP contribution in [-0.4, -0.2) is 15.8 Å². The second kappa shape index (κ2) is 7.69. The Bertz CT molecular complexity index is 1420. The highest BCUT2D eigenvalue weighted by Gasteiger charge is 2.32. The van der Waals surface area contributed by atoms with E-state index in [4.69, 9.17) is 0 Å². The molecule has 0 bridgehead atoms. The molecule has 0 saturated heterocycles. The maximum Gasteiger partial charge on any atom is 0.162 e. The normalized spacial score (nSPS) is 18.1. The monoisotopic (exact) mass is 414 g/mol. The van der Waals surface area contributed by atoms with Gasteiger partial charge in [0, 0.05) is 41.3 Å². The van der Waals surface area contributed by atoms with E-state index in [0.717, 1.165) is 46.1 Å². The number of carbonyl (C=O) groups is 1. The second-order valence-corrected chi connectivity index (χ2v) is 8.56. The fourth-order valence-electron chi connectivity index (χ4n) is 5.01. The third-order valence-corrected chi connectivity index (χ3v) is 6.65. The summed E-state index contributed by atoms with van der Waals surface area (Å²) in [7, 11) is 0. The van der Waals surface area contributed by atoms with Crippen molar-refractivity contribution in [2.24, 2.45) is 0 Å². The summed E-state index contributed by atoms with van der Waals surface area (Å²) in [6.07, 6.45) is 8.19. The Hall–Kier alpha value is -3.85. The molecule has 4 aromatic rings. The highest BCUT2D eigenvalue weighted by molar-refractivity contribution is 6.04. The second-order valence-electron chi connectivity index (χ2n) is 8.56. The number of rotatable bonds is 3. The van der Waals surface area contributed by atoms with Gasteiger partial charge >= 0.3 is 0 Å². The van der Waals surface area contributed by atoms with Crippen LogP contribution in [0.1, 0.15) is 36.3 Å². The van der Waals surface area contributed by atoms with Crippen molar-refractivity contribution in [3.8, 4) is 11.3 Å². The standard InChI is InChI=1S/C29H22N2O/c32-29-11-10-24(19-6-2-1-3-7-19)25-15-22(16-26(25)29)20-12-13-30-28(17-20)23-14-21-8-4-5-9-27(21)31-18-23/h1-9,12-14,16-18,24H,10-11,15H2. The Balaban J connectivity index is 1.34. The zero-order valence-corrected chi connectivity index (χ0v) is 17.7. The predicted octanol–water partition coefficient (Wildman–Crippen LogP) is 6.53. The van der Waals surface area contributed by atoms with Crippen molar-refractivity contribution in [1.82, 2.24) is 9.97 Å². The number of aromatic nitrogens is 2. The molecule has 0 N–H and O–H groups in total. The molecule has 2 aliphatic carbocycles. The minimum absolute atomic E-state index is 0.273. The van der Waals surface area contributed by atoms with Crippen molar-refractivity contribution in [2.75, 3.05) is 0 Å². The summed E-state index contributed by atoms with van der Waals surface area (Å²) in [4.78, 5) is 21.9. The van der Waals surface area contributed by atoms with Crippen LogP contribution in [0.4, 0.5) is 0 Å². The molecule has 2 aromatic heterocycles. The van der Waals surface area contributed by atoms with Crippen LogP contribution in [-0.2, 0) is 4.79 Å². The van der Waals surface area contributed by atoms with E-state index in [1.54, 1.807) is 0 Å². The van der Waals surface area contributed by atoms with Crippen molar-refractivity contribution in [3.63, 3.8) is 0 Å². The number of ketones is 1. The van der Waals surface area contributed by atoms with Crippen LogP contribution in [0.2, 0.25) is 0 Å². The quantitative estimate of drug-likeness (QED) is 0.383. The van der Waals surface area contributed by atoms with E-state index < -0.39 is 0 Å². The van der Waals surface area contributed by atoms with Crippen LogP contribution in [0.3, 0.4) is 0 Å². The molecule has 3 nitrogen and oxygen atoms in total. The van der Waals surface area contributed by atoms with Crippen LogP contribution in [0, 0.1) is 0 Å². The minimum atomic E-state index is 0.273. The summed E-state index contributed by atoms with van der Waals surface area (Å²) >= 11 is 0. The molecule has 1 atom stereocenters. The van der Waals surface area contributed by atoms with E-state index in [1.807, 2.05) is 42.7 Å². The number of carbonyl (C=O) groups excluding carboxylic acids is 1. The van der Waals surface area contributed by atoms with Crippen LogP contribution in [0.5, 0.6) is 0 Å². The first kappa shape index (κ1) is 18.9. The number of benzene rings is 2. The Labute approximate surface area is 187 Å². The molecule has 0 fully saturated rings. The number of fused-ring (bicyclic) bond motifs is 1. The molecule has 2 aliphatic rings. The van der Waals surface area contributed by atoms with Gasteiger partial charge in [0.25, 0.3) is 0 Å². The first-order valence-corrected chi connectivity index (χ1v) is 11.1. The molecule has 0 saturated carbocycles. The molecule has 32 heavy (non-hydrogen) atoms. The van der Waals surface area contributed by atoms with Crippen LogP contribution in [0.15, 0.2) is 102 Å². The van der Waals surface area contributed by atoms with E-state index in [-0.39, 0.29) is 5.78 Å². The van der Waals surface area contributed by atoms with Gasteiger partial charge in [-0.05, 0) is 65.5 Å². The number of allylic oxidation sites excluding steroid dienone is 4. The molecule has 3 heteroatoms. The molecule has 6 rings (SSSR count). The van der Waals surface area contributed by atoms with Gasteiger partial charge in [0.15, 0.2) is 5.78 Å². The first-order chi connectivity index (χ1) is 15.8. The Morgan fingerprint density at radius 2 is 1.69 bits per heavy atom. The number of pyridine rings is 2. The van der Waals surface area contributed by atoms with Gasteiger partial charge < -0.3 is 0 Å². The lowest BCUT2D eigenvalue weighted by Crippen LogP contribution is -2.15.